The number of allylic oxidation sites excluding steroid dienone is 1. The Labute approximate surface area is 67.2 Å². The van der Waals surface area contributed by atoms with Crippen LogP contribution in [0.25, 0.3) is 0 Å². The summed E-state index contributed by atoms with van der Waals surface area (Å²) in [6.45, 7) is 4.04. The fraction of sp³-hybridized carbons (Fsp3) is 0.625. The van der Waals surface area contributed by atoms with Gasteiger partial charge < -0.3 is 10.5 Å². The van der Waals surface area contributed by atoms with Gasteiger partial charge in [0.1, 0.15) is 6.04 Å². The van der Waals surface area contributed by atoms with E-state index in [2.05, 4.69) is 0 Å². The molecule has 1 unspecified atom stereocenters. The minimum absolute atomic E-state index is 0.328. The Balaban J connectivity index is 3.63. The fourth-order valence-corrected chi connectivity index (χ4v) is 0.628. The molecule has 2 N–H and O–H groups in total. The van der Waals surface area contributed by atoms with Crippen LogP contribution in [-0.2, 0) is 9.53 Å². The Morgan fingerprint density at radius 2 is 2.36 bits per heavy atom. The highest BCUT2D eigenvalue weighted by Gasteiger charge is 2.11. The molecule has 0 bridgehead atoms. The highest BCUT2D eigenvalue weighted by atomic mass is 16.5. The minimum atomic E-state index is -0.508. The summed E-state index contributed by atoms with van der Waals surface area (Å²) in [6, 6.07) is -0.508. The minimum Gasteiger partial charge on any atom is -0.465 e. The molecule has 3 nitrogen and oxygen atoms in total. The van der Waals surface area contributed by atoms with Crippen molar-refractivity contribution in [3.63, 3.8) is 0 Å². The van der Waals surface area contributed by atoms with Crippen LogP contribution in [0.1, 0.15) is 20.3 Å². The van der Waals surface area contributed by atoms with Gasteiger partial charge in [0.15, 0.2) is 0 Å². The predicted octanol–water partition coefficient (Wildman–Crippen LogP) is 0.843. The molecule has 64 valence electrons. The van der Waals surface area contributed by atoms with Gasteiger partial charge in [-0.25, -0.2) is 0 Å². The molecule has 0 aromatic heterocycles. The van der Waals surface area contributed by atoms with Crippen molar-refractivity contribution < 1.29 is 9.53 Å². The van der Waals surface area contributed by atoms with Crippen molar-refractivity contribution in [2.45, 2.75) is 26.3 Å². The maximum absolute atomic E-state index is 10.9. The van der Waals surface area contributed by atoms with Crippen molar-refractivity contribution in [3.05, 3.63) is 12.2 Å². The molecule has 0 aliphatic carbocycles. The summed E-state index contributed by atoms with van der Waals surface area (Å²) in [5.41, 5.74) is 5.46. The van der Waals surface area contributed by atoms with E-state index in [-0.39, 0.29) is 5.97 Å². The summed E-state index contributed by atoms with van der Waals surface area (Å²) < 4.78 is 4.70. The molecule has 0 saturated carbocycles. The maximum Gasteiger partial charge on any atom is 0.323 e. The summed E-state index contributed by atoms with van der Waals surface area (Å²) in [7, 11) is 0. The van der Waals surface area contributed by atoms with Crippen molar-refractivity contribution in [1.29, 1.82) is 0 Å². The second kappa shape index (κ2) is 5.92. The second-order valence-electron chi connectivity index (χ2n) is 2.16. The smallest absolute Gasteiger partial charge is 0.323 e. The predicted molar refractivity (Wildman–Crippen MR) is 44.0 cm³/mol. The lowest BCUT2D eigenvalue weighted by molar-refractivity contribution is -0.144. The molecule has 11 heavy (non-hydrogen) atoms. The van der Waals surface area contributed by atoms with Gasteiger partial charge in [0.05, 0.1) is 6.61 Å². The van der Waals surface area contributed by atoms with Crippen LogP contribution in [0, 0.1) is 0 Å². The first-order valence-corrected chi connectivity index (χ1v) is 3.75. The molecule has 3 heteroatoms. The van der Waals surface area contributed by atoms with Gasteiger partial charge in [0.2, 0.25) is 0 Å². The highest BCUT2D eigenvalue weighted by molar-refractivity contribution is 5.75. The van der Waals surface area contributed by atoms with Gasteiger partial charge in [-0.1, -0.05) is 12.2 Å². The van der Waals surface area contributed by atoms with E-state index in [1.807, 2.05) is 19.1 Å². The Bertz CT molecular complexity index is 143. The summed E-state index contributed by atoms with van der Waals surface area (Å²) in [5, 5.41) is 0. The zero-order valence-corrected chi connectivity index (χ0v) is 7.04. The van der Waals surface area contributed by atoms with E-state index in [1.54, 1.807) is 6.92 Å². The molecule has 0 rings (SSSR count). The molecule has 0 amide bonds. The summed E-state index contributed by atoms with van der Waals surface area (Å²) in [5.74, 6) is -0.328. The summed E-state index contributed by atoms with van der Waals surface area (Å²) in [4.78, 5) is 10.9. The van der Waals surface area contributed by atoms with Gasteiger partial charge in [0.25, 0.3) is 0 Å². The lowest BCUT2D eigenvalue weighted by Gasteiger charge is -2.06. The normalized spacial score (nSPS) is 13.4. The highest BCUT2D eigenvalue weighted by Crippen LogP contribution is 1.93. The van der Waals surface area contributed by atoms with Gasteiger partial charge in [-0.15, -0.1) is 0 Å². The molecule has 0 heterocycles. The SMILES string of the molecule is CC=CCC(N)C(=O)OCC. The first-order chi connectivity index (χ1) is 5.22. The van der Waals surface area contributed by atoms with E-state index in [4.69, 9.17) is 10.5 Å². The van der Waals surface area contributed by atoms with Gasteiger partial charge >= 0.3 is 5.97 Å². The van der Waals surface area contributed by atoms with Crippen molar-refractivity contribution in [2.75, 3.05) is 6.61 Å². The number of carbonyl (C=O) groups is 1. The average molecular weight is 157 g/mol. The van der Waals surface area contributed by atoms with Gasteiger partial charge in [0, 0.05) is 0 Å². The van der Waals surface area contributed by atoms with E-state index in [0.29, 0.717) is 13.0 Å². The number of carbonyl (C=O) groups excluding carboxylic acids is 1. The van der Waals surface area contributed by atoms with Gasteiger partial charge in [-0.3, -0.25) is 4.79 Å². The van der Waals surface area contributed by atoms with Gasteiger partial charge in [-0.2, -0.15) is 0 Å². The number of hydrogen-bond acceptors (Lipinski definition) is 3. The molecule has 0 radical (unpaired) electrons. The number of rotatable bonds is 4. The Morgan fingerprint density at radius 3 is 2.82 bits per heavy atom. The van der Waals surface area contributed by atoms with E-state index in [9.17, 15) is 4.79 Å². The molecule has 0 aliphatic heterocycles. The zero-order valence-electron chi connectivity index (χ0n) is 7.04. The largest absolute Gasteiger partial charge is 0.465 e. The molecule has 0 saturated heterocycles. The van der Waals surface area contributed by atoms with Crippen LogP contribution >= 0.6 is 0 Å². The van der Waals surface area contributed by atoms with Crippen molar-refractivity contribution in [1.82, 2.24) is 0 Å². The lowest BCUT2D eigenvalue weighted by Crippen LogP contribution is -2.31. The van der Waals surface area contributed by atoms with E-state index >= 15 is 0 Å². The number of nitrogens with two attached hydrogens (primary N) is 1. The van der Waals surface area contributed by atoms with Crippen LogP contribution in [0.15, 0.2) is 12.2 Å². The van der Waals surface area contributed by atoms with E-state index in [1.165, 1.54) is 0 Å². The standard InChI is InChI=1S/C8H15NO2/c1-3-5-6-7(9)8(10)11-4-2/h3,5,7H,4,6,9H2,1-2H3. The fourth-order valence-electron chi connectivity index (χ4n) is 0.628. The Hall–Kier alpha value is -0.830. The topological polar surface area (TPSA) is 52.3 Å². The monoisotopic (exact) mass is 157 g/mol. The van der Waals surface area contributed by atoms with Crippen LogP contribution in [0.3, 0.4) is 0 Å². The Kier molecular flexibility index (Phi) is 5.47. The number of esters is 1. The molecule has 0 fully saturated rings. The van der Waals surface area contributed by atoms with Gasteiger partial charge in [-0.05, 0) is 20.3 Å². The van der Waals surface area contributed by atoms with Crippen LogP contribution < -0.4 is 5.73 Å². The third-order valence-electron chi connectivity index (χ3n) is 1.22. The average Bonchev–Trinajstić information content (AvgIpc) is 2.00. The lowest BCUT2D eigenvalue weighted by atomic mass is 10.2. The molecule has 0 spiro atoms. The van der Waals surface area contributed by atoms with E-state index < -0.39 is 6.04 Å². The third-order valence-corrected chi connectivity index (χ3v) is 1.22. The molecular weight excluding hydrogens is 142 g/mol. The third kappa shape index (κ3) is 4.56. The van der Waals surface area contributed by atoms with Crippen LogP contribution in [0.4, 0.5) is 0 Å². The van der Waals surface area contributed by atoms with E-state index in [0.717, 1.165) is 0 Å². The summed E-state index contributed by atoms with van der Waals surface area (Å²) >= 11 is 0. The first kappa shape index (κ1) is 10.2. The second-order valence-corrected chi connectivity index (χ2v) is 2.16. The van der Waals surface area contributed by atoms with Crippen molar-refractivity contribution in [2.24, 2.45) is 5.73 Å². The molecule has 0 aliphatic rings. The number of ether oxygens (including phenoxy) is 1. The van der Waals surface area contributed by atoms with Crippen LogP contribution in [0.5, 0.6) is 0 Å². The Morgan fingerprint density at radius 1 is 1.73 bits per heavy atom. The number of hydrogen-bond donors (Lipinski definition) is 1. The zero-order chi connectivity index (χ0) is 8.69. The first-order valence-electron chi connectivity index (χ1n) is 3.75. The van der Waals surface area contributed by atoms with Crippen molar-refractivity contribution in [3.8, 4) is 0 Å². The van der Waals surface area contributed by atoms with Crippen molar-refractivity contribution >= 4 is 5.97 Å². The molecule has 0 aromatic carbocycles. The molecular formula is C8H15NO2. The quantitative estimate of drug-likeness (QED) is 0.486. The van der Waals surface area contributed by atoms with Crippen LogP contribution in [-0.4, -0.2) is 18.6 Å². The molecule has 0 aromatic rings. The summed E-state index contributed by atoms with van der Waals surface area (Å²) in [6.07, 6.45) is 4.26. The maximum atomic E-state index is 10.9. The van der Waals surface area contributed by atoms with Crippen LogP contribution in [0.2, 0.25) is 0 Å². The molecule has 1 atom stereocenters.